The molecule has 2 aromatic rings. The van der Waals surface area contributed by atoms with Crippen LogP contribution in [-0.2, 0) is 22.4 Å². The van der Waals surface area contributed by atoms with Crippen molar-refractivity contribution in [2.45, 2.75) is 45.4 Å². The summed E-state index contributed by atoms with van der Waals surface area (Å²) in [7, 11) is 0. The molecule has 2 aliphatic heterocycles. The van der Waals surface area contributed by atoms with Gasteiger partial charge < -0.3 is 19.4 Å². The number of nitrogens with zero attached hydrogens (tertiary/aromatic N) is 4. The first-order valence-corrected chi connectivity index (χ1v) is 12.3. The molecule has 0 radical (unpaired) electrons. The monoisotopic (exact) mass is 505 g/mol. The fourth-order valence-electron chi connectivity index (χ4n) is 4.42. The van der Waals surface area contributed by atoms with Crippen molar-refractivity contribution < 1.29 is 18.8 Å². The zero-order chi connectivity index (χ0) is 26.7. The van der Waals surface area contributed by atoms with E-state index in [4.69, 9.17) is 15.5 Å². The number of nitrogens with two attached hydrogens (primary N) is 1. The number of amides is 1. The van der Waals surface area contributed by atoms with Crippen molar-refractivity contribution in [2.24, 2.45) is 10.9 Å². The predicted octanol–water partition coefficient (Wildman–Crippen LogP) is 4.36. The first-order valence-electron chi connectivity index (χ1n) is 12.3. The smallest absolute Gasteiger partial charge is 0.410 e. The molecule has 2 aliphatic rings. The van der Waals surface area contributed by atoms with Crippen LogP contribution in [0.1, 0.15) is 48.6 Å². The third-order valence-corrected chi connectivity index (χ3v) is 6.38. The van der Waals surface area contributed by atoms with Crippen molar-refractivity contribution in [3.8, 4) is 6.07 Å². The summed E-state index contributed by atoms with van der Waals surface area (Å²) in [5.41, 5.74) is 4.56. The fraction of sp³-hybridized carbons (Fsp3) is 0.393. The van der Waals surface area contributed by atoms with Crippen LogP contribution in [0.25, 0.3) is 5.70 Å². The van der Waals surface area contributed by atoms with E-state index in [9.17, 15) is 14.4 Å². The number of ether oxygens (including phenoxy) is 1. The number of nitriles is 1. The van der Waals surface area contributed by atoms with E-state index in [2.05, 4.69) is 17.6 Å². The Balaban J connectivity index is 1.50. The fourth-order valence-corrected chi connectivity index (χ4v) is 4.42. The zero-order valence-corrected chi connectivity index (χ0v) is 21.5. The molecule has 0 atom stereocenters. The second kappa shape index (κ2) is 10.6. The third-order valence-electron chi connectivity index (χ3n) is 6.38. The SMILES string of the molecule is C=C(N=C(ON)c1ccc(N2CC(F)C2)c(C#N)c1)c1ccc2c(c1)CCN(C(=O)OC(C)(C)C)CC2. The van der Waals surface area contributed by atoms with E-state index in [1.165, 1.54) is 0 Å². The van der Waals surface area contributed by atoms with Crippen molar-refractivity contribution in [3.05, 3.63) is 70.8 Å². The summed E-state index contributed by atoms with van der Waals surface area (Å²) in [6.07, 6.45) is 0.231. The van der Waals surface area contributed by atoms with Crippen LogP contribution < -0.4 is 10.8 Å². The van der Waals surface area contributed by atoms with Crippen molar-refractivity contribution >= 4 is 23.4 Å². The maximum Gasteiger partial charge on any atom is 0.410 e. The van der Waals surface area contributed by atoms with Crippen molar-refractivity contribution in [2.75, 3.05) is 31.1 Å². The molecule has 0 saturated carbocycles. The van der Waals surface area contributed by atoms with Crippen LogP contribution >= 0.6 is 0 Å². The Morgan fingerprint density at radius 1 is 1.14 bits per heavy atom. The quantitative estimate of drug-likeness (QED) is 0.376. The first-order chi connectivity index (χ1) is 17.6. The largest absolute Gasteiger partial charge is 0.444 e. The number of alkyl halides is 1. The number of hydrogen-bond donors (Lipinski definition) is 1. The highest BCUT2D eigenvalue weighted by molar-refractivity contribution is 5.98. The average Bonchev–Trinajstić information content (AvgIpc) is 3.06. The maximum absolute atomic E-state index is 13.3. The van der Waals surface area contributed by atoms with Gasteiger partial charge in [-0.2, -0.15) is 11.2 Å². The van der Waals surface area contributed by atoms with Gasteiger partial charge >= 0.3 is 6.09 Å². The number of rotatable bonds is 4. The van der Waals surface area contributed by atoms with E-state index in [-0.39, 0.29) is 25.1 Å². The number of carbonyl (C=O) groups is 1. The summed E-state index contributed by atoms with van der Waals surface area (Å²) < 4.78 is 18.8. The molecule has 0 spiro atoms. The van der Waals surface area contributed by atoms with E-state index >= 15 is 0 Å². The molecular weight excluding hydrogens is 473 g/mol. The molecule has 2 N–H and O–H groups in total. The molecule has 194 valence electrons. The number of halogens is 1. The Morgan fingerprint density at radius 3 is 2.43 bits per heavy atom. The molecular formula is C28H32FN5O3. The van der Waals surface area contributed by atoms with Gasteiger partial charge in [-0.3, -0.25) is 0 Å². The van der Waals surface area contributed by atoms with Gasteiger partial charge in [0.1, 0.15) is 17.8 Å². The first kappa shape index (κ1) is 26.2. The van der Waals surface area contributed by atoms with Crippen LogP contribution in [-0.4, -0.2) is 54.8 Å². The van der Waals surface area contributed by atoms with Gasteiger partial charge in [0, 0.05) is 18.7 Å². The number of fused-ring (bicyclic) bond motifs is 1. The molecule has 1 amide bonds. The molecule has 9 heteroatoms. The van der Waals surface area contributed by atoms with Gasteiger partial charge in [-0.05, 0) is 74.6 Å². The lowest BCUT2D eigenvalue weighted by molar-refractivity contribution is 0.0258. The third kappa shape index (κ3) is 6.09. The van der Waals surface area contributed by atoms with E-state index in [1.807, 2.05) is 43.9 Å². The van der Waals surface area contributed by atoms with Crippen LogP contribution in [0.3, 0.4) is 0 Å². The van der Waals surface area contributed by atoms with Crippen LogP contribution in [0, 0.1) is 11.3 Å². The summed E-state index contributed by atoms with van der Waals surface area (Å²) >= 11 is 0. The molecule has 1 fully saturated rings. The number of anilines is 1. The van der Waals surface area contributed by atoms with Crippen molar-refractivity contribution in [1.29, 1.82) is 5.26 Å². The molecule has 0 unspecified atom stereocenters. The number of benzene rings is 2. The van der Waals surface area contributed by atoms with Gasteiger partial charge in [-0.1, -0.05) is 18.7 Å². The Labute approximate surface area is 216 Å². The Kier molecular flexibility index (Phi) is 7.50. The number of carbonyl (C=O) groups excluding carboxylic acids is 1. The molecule has 1 saturated heterocycles. The van der Waals surface area contributed by atoms with Crippen molar-refractivity contribution in [1.82, 2.24) is 4.90 Å². The molecule has 0 aliphatic carbocycles. The van der Waals surface area contributed by atoms with E-state index in [0.717, 1.165) is 23.1 Å². The number of aliphatic imine (C=N–C) groups is 1. The van der Waals surface area contributed by atoms with Crippen LogP contribution in [0.15, 0.2) is 48.0 Å². The summed E-state index contributed by atoms with van der Waals surface area (Å²) in [4.78, 5) is 25.6. The van der Waals surface area contributed by atoms with Gasteiger partial charge in [-0.25, -0.2) is 14.2 Å². The van der Waals surface area contributed by atoms with Crippen LogP contribution in [0.4, 0.5) is 14.9 Å². The van der Waals surface area contributed by atoms with Crippen LogP contribution in [0.5, 0.6) is 0 Å². The minimum atomic E-state index is -0.875. The summed E-state index contributed by atoms with van der Waals surface area (Å²) in [6.45, 7) is 11.4. The number of hydrogen-bond acceptors (Lipinski definition) is 7. The molecule has 8 nitrogen and oxygen atoms in total. The normalized spacial score (nSPS) is 16.3. The van der Waals surface area contributed by atoms with Gasteiger partial charge in [0.2, 0.25) is 5.90 Å². The van der Waals surface area contributed by atoms with E-state index in [0.29, 0.717) is 42.0 Å². The van der Waals surface area contributed by atoms with Gasteiger partial charge in [-0.15, -0.1) is 0 Å². The molecule has 2 heterocycles. The van der Waals surface area contributed by atoms with Gasteiger partial charge in [0.15, 0.2) is 0 Å². The maximum atomic E-state index is 13.3. The van der Waals surface area contributed by atoms with Gasteiger partial charge in [0.05, 0.1) is 30.0 Å². The second-order valence-electron chi connectivity index (χ2n) is 10.3. The molecule has 0 bridgehead atoms. The molecule has 4 rings (SSSR count). The lowest BCUT2D eigenvalue weighted by Gasteiger charge is -2.36. The standard InChI is InChI=1S/C28H32FN5O3/c1-18(32-26(37-31)22-7-8-25(23(14-22)15-30)34-16-24(29)17-34)20-6-5-19-9-11-33(12-10-21(19)13-20)27(35)36-28(2,3)4/h5-8,13-14,24H,1,9-12,16-17,31H2,2-4H3. The zero-order valence-electron chi connectivity index (χ0n) is 21.5. The summed E-state index contributed by atoms with van der Waals surface area (Å²) in [5.74, 6) is 5.65. The Bertz CT molecular complexity index is 1270. The predicted molar refractivity (Wildman–Crippen MR) is 141 cm³/mol. The molecule has 2 aromatic carbocycles. The Hall–Kier alpha value is -3.90. The summed E-state index contributed by atoms with van der Waals surface area (Å²) in [5, 5.41) is 9.60. The average molecular weight is 506 g/mol. The van der Waals surface area contributed by atoms with Crippen LogP contribution in [0.2, 0.25) is 0 Å². The summed E-state index contributed by atoms with van der Waals surface area (Å²) in [6, 6.07) is 13.2. The lowest BCUT2D eigenvalue weighted by Crippen LogP contribution is -2.48. The lowest BCUT2D eigenvalue weighted by atomic mass is 9.99. The second-order valence-corrected chi connectivity index (χ2v) is 10.3. The molecule has 37 heavy (non-hydrogen) atoms. The van der Waals surface area contributed by atoms with E-state index < -0.39 is 11.8 Å². The Morgan fingerprint density at radius 2 is 1.81 bits per heavy atom. The van der Waals surface area contributed by atoms with E-state index in [1.54, 1.807) is 23.1 Å². The molecule has 0 aromatic heterocycles. The highest BCUT2D eigenvalue weighted by atomic mass is 19.1. The topological polar surface area (TPSA) is 104 Å². The minimum absolute atomic E-state index is 0.117. The minimum Gasteiger partial charge on any atom is -0.444 e. The van der Waals surface area contributed by atoms with Crippen molar-refractivity contribution in [3.63, 3.8) is 0 Å². The highest BCUT2D eigenvalue weighted by Crippen LogP contribution is 2.28. The highest BCUT2D eigenvalue weighted by Gasteiger charge is 2.28. The van der Waals surface area contributed by atoms with Gasteiger partial charge in [0.25, 0.3) is 0 Å².